The Kier molecular flexibility index (Phi) is 6.00. The molecular weight excluding hydrogens is 540 g/mol. The van der Waals surface area contributed by atoms with E-state index in [4.69, 9.17) is 9.97 Å². The largest absolute Gasteiger partial charge is 0.481 e. The van der Waals surface area contributed by atoms with Crippen molar-refractivity contribution in [2.24, 2.45) is 17.8 Å². The van der Waals surface area contributed by atoms with Crippen LogP contribution in [-0.4, -0.2) is 49.4 Å². The zero-order chi connectivity index (χ0) is 28.3. The maximum absolute atomic E-state index is 13.7. The van der Waals surface area contributed by atoms with Crippen molar-refractivity contribution in [2.45, 2.75) is 43.5 Å². The highest BCUT2D eigenvalue weighted by atomic mass is 32.2. The summed E-state index contributed by atoms with van der Waals surface area (Å²) in [6.07, 6.45) is 8.21. The third-order valence-corrected chi connectivity index (χ3v) is 10.3. The van der Waals surface area contributed by atoms with E-state index in [0.29, 0.717) is 28.1 Å². The number of rotatable bonds is 6. The van der Waals surface area contributed by atoms with E-state index in [-0.39, 0.29) is 28.4 Å². The third-order valence-electron chi connectivity index (χ3n) is 8.67. The second-order valence-electron chi connectivity index (χ2n) is 11.0. The average Bonchev–Trinajstić information content (AvgIpc) is 3.38. The first kappa shape index (κ1) is 25.6. The van der Waals surface area contributed by atoms with Gasteiger partial charge in [-0.3, -0.25) is 4.79 Å². The lowest BCUT2D eigenvalue weighted by Crippen LogP contribution is -2.51. The van der Waals surface area contributed by atoms with Crippen LogP contribution in [0.4, 0.5) is 5.82 Å². The fourth-order valence-electron chi connectivity index (χ4n) is 6.60. The standard InChI is InChI=1S/C30H28N6O4S/c1-17-6-12-20(13-7-17)41(39,40)36-15-23(22-14-31-16-32-29(22)36)28-33-24-5-3-2-4-21(24)27(35-28)34-26-19-10-8-18(9-11-19)25(26)30(37)38/h2-7,12-16,18-19,25-26H,8-11H2,1H3,(H,37,38)(H,33,34,35). The number of carbonyl (C=O) groups is 1. The smallest absolute Gasteiger partial charge is 0.308 e. The average molecular weight is 569 g/mol. The molecule has 0 spiro atoms. The van der Waals surface area contributed by atoms with E-state index >= 15 is 0 Å². The lowest BCUT2D eigenvalue weighted by molar-refractivity contribution is -0.148. The van der Waals surface area contributed by atoms with Crippen molar-refractivity contribution in [1.82, 2.24) is 23.9 Å². The molecule has 0 saturated heterocycles. The number of fused-ring (bicyclic) bond motifs is 5. The summed E-state index contributed by atoms with van der Waals surface area (Å²) in [6.45, 7) is 1.90. The summed E-state index contributed by atoms with van der Waals surface area (Å²) < 4.78 is 28.6. The van der Waals surface area contributed by atoms with Crippen LogP contribution < -0.4 is 5.32 Å². The molecule has 41 heavy (non-hydrogen) atoms. The quantitative estimate of drug-likeness (QED) is 0.293. The Morgan fingerprint density at radius 2 is 1.71 bits per heavy atom. The molecule has 3 aliphatic rings. The van der Waals surface area contributed by atoms with Gasteiger partial charge in [-0.15, -0.1) is 0 Å². The van der Waals surface area contributed by atoms with Gasteiger partial charge >= 0.3 is 5.97 Å². The Morgan fingerprint density at radius 1 is 0.976 bits per heavy atom. The number of benzene rings is 2. The molecule has 2 N–H and O–H groups in total. The molecule has 2 bridgehead atoms. The maximum atomic E-state index is 13.7. The Hall–Kier alpha value is -4.38. The maximum Gasteiger partial charge on any atom is 0.308 e. The summed E-state index contributed by atoms with van der Waals surface area (Å²) in [5, 5.41) is 14.9. The van der Waals surface area contributed by atoms with Gasteiger partial charge in [0, 0.05) is 34.8 Å². The molecule has 11 heteroatoms. The number of aromatic nitrogens is 5. The third kappa shape index (κ3) is 4.22. The predicted molar refractivity (Wildman–Crippen MR) is 154 cm³/mol. The van der Waals surface area contributed by atoms with Crippen molar-refractivity contribution >= 4 is 43.7 Å². The van der Waals surface area contributed by atoms with E-state index in [9.17, 15) is 18.3 Å². The fraction of sp³-hybridized carbons (Fsp3) is 0.300. The van der Waals surface area contributed by atoms with Crippen molar-refractivity contribution < 1.29 is 18.3 Å². The highest BCUT2D eigenvalue weighted by Gasteiger charge is 2.47. The summed E-state index contributed by atoms with van der Waals surface area (Å²) in [5.41, 5.74) is 2.29. The summed E-state index contributed by atoms with van der Waals surface area (Å²) in [7, 11) is -3.98. The van der Waals surface area contributed by atoms with Gasteiger partial charge in [0.05, 0.1) is 16.3 Å². The summed E-state index contributed by atoms with van der Waals surface area (Å²) >= 11 is 0. The van der Waals surface area contributed by atoms with E-state index < -0.39 is 21.9 Å². The van der Waals surface area contributed by atoms with Crippen LogP contribution in [0.15, 0.2) is 72.1 Å². The molecule has 10 nitrogen and oxygen atoms in total. The zero-order valence-electron chi connectivity index (χ0n) is 22.3. The van der Waals surface area contributed by atoms with Crippen LogP contribution in [0.5, 0.6) is 0 Å². The van der Waals surface area contributed by atoms with Crippen LogP contribution in [0.1, 0.15) is 31.2 Å². The molecule has 0 amide bonds. The Bertz CT molecular complexity index is 1910. The van der Waals surface area contributed by atoms with Gasteiger partial charge in [-0.05, 0) is 68.7 Å². The van der Waals surface area contributed by atoms with E-state index in [0.717, 1.165) is 40.6 Å². The lowest BCUT2D eigenvalue weighted by Gasteiger charge is -2.47. The Labute approximate surface area is 236 Å². The number of para-hydroxylation sites is 1. The lowest BCUT2D eigenvalue weighted by atomic mass is 9.61. The second-order valence-corrected chi connectivity index (χ2v) is 12.9. The van der Waals surface area contributed by atoms with Crippen LogP contribution in [0.3, 0.4) is 0 Å². The Morgan fingerprint density at radius 3 is 2.46 bits per heavy atom. The normalized spacial score (nSPS) is 22.3. The minimum atomic E-state index is -3.98. The van der Waals surface area contributed by atoms with Crippen molar-refractivity contribution in [2.75, 3.05) is 5.32 Å². The van der Waals surface area contributed by atoms with Crippen LogP contribution in [0, 0.1) is 24.7 Å². The number of hydrogen-bond donors (Lipinski definition) is 2. The van der Waals surface area contributed by atoms with Gasteiger partial charge in [-0.25, -0.2) is 32.3 Å². The van der Waals surface area contributed by atoms with Gasteiger partial charge in [0.15, 0.2) is 11.5 Å². The van der Waals surface area contributed by atoms with Crippen molar-refractivity contribution in [3.63, 3.8) is 0 Å². The second kappa shape index (κ2) is 9.62. The first-order valence-electron chi connectivity index (χ1n) is 13.7. The van der Waals surface area contributed by atoms with Crippen LogP contribution in [0.25, 0.3) is 33.3 Å². The molecule has 3 saturated carbocycles. The molecule has 2 aromatic carbocycles. The topological polar surface area (TPSA) is 140 Å². The molecule has 0 aliphatic heterocycles. The predicted octanol–water partition coefficient (Wildman–Crippen LogP) is 4.89. The summed E-state index contributed by atoms with van der Waals surface area (Å²) in [6, 6.07) is 13.9. The van der Waals surface area contributed by atoms with E-state index in [2.05, 4.69) is 15.3 Å². The van der Waals surface area contributed by atoms with Crippen LogP contribution in [0.2, 0.25) is 0 Å². The van der Waals surface area contributed by atoms with Gasteiger partial charge in [0.1, 0.15) is 12.1 Å². The van der Waals surface area contributed by atoms with E-state index in [1.807, 2.05) is 31.2 Å². The van der Waals surface area contributed by atoms with Crippen molar-refractivity contribution in [1.29, 1.82) is 0 Å². The number of aryl methyl sites for hydroxylation is 1. The van der Waals surface area contributed by atoms with Gasteiger partial charge in [-0.2, -0.15) is 0 Å². The summed E-state index contributed by atoms with van der Waals surface area (Å²) in [4.78, 5) is 30.6. The number of aliphatic carboxylic acids is 1. The molecule has 208 valence electrons. The van der Waals surface area contributed by atoms with E-state index in [1.165, 1.54) is 12.5 Å². The minimum absolute atomic E-state index is 0.138. The minimum Gasteiger partial charge on any atom is -0.481 e. The van der Waals surface area contributed by atoms with Gasteiger partial charge in [-0.1, -0.05) is 29.8 Å². The molecule has 3 fully saturated rings. The van der Waals surface area contributed by atoms with Crippen LogP contribution >= 0.6 is 0 Å². The number of carboxylic acids is 1. The van der Waals surface area contributed by atoms with Gasteiger partial charge in [0.2, 0.25) is 0 Å². The fourth-order valence-corrected chi connectivity index (χ4v) is 7.92. The zero-order valence-corrected chi connectivity index (χ0v) is 23.1. The molecular formula is C30H28N6O4S. The van der Waals surface area contributed by atoms with Gasteiger partial charge in [0.25, 0.3) is 10.0 Å². The first-order chi connectivity index (χ1) is 19.8. The molecule has 3 heterocycles. The molecule has 8 rings (SSSR count). The monoisotopic (exact) mass is 568 g/mol. The van der Waals surface area contributed by atoms with Crippen LogP contribution in [-0.2, 0) is 14.8 Å². The molecule has 5 aromatic rings. The number of anilines is 1. The molecule has 2 unspecified atom stereocenters. The molecule has 3 aromatic heterocycles. The molecule has 2 atom stereocenters. The SMILES string of the molecule is Cc1ccc(S(=O)(=O)n2cc(-c3nc(NC4C5CCC(CC5)C4C(=O)O)c4ccccc4n3)c3cncnc32)cc1. The van der Waals surface area contributed by atoms with Gasteiger partial charge < -0.3 is 10.4 Å². The van der Waals surface area contributed by atoms with Crippen molar-refractivity contribution in [3.8, 4) is 11.4 Å². The number of hydrogen-bond acceptors (Lipinski definition) is 8. The Balaban J connectivity index is 1.38. The highest BCUT2D eigenvalue weighted by molar-refractivity contribution is 7.90. The summed E-state index contributed by atoms with van der Waals surface area (Å²) in [5.74, 6) is -0.0465. The first-order valence-corrected chi connectivity index (χ1v) is 15.1. The molecule has 0 radical (unpaired) electrons. The van der Waals surface area contributed by atoms with E-state index in [1.54, 1.807) is 30.5 Å². The number of nitrogens with zero attached hydrogens (tertiary/aromatic N) is 5. The molecule has 3 aliphatic carbocycles. The highest BCUT2D eigenvalue weighted by Crippen LogP contribution is 2.46. The van der Waals surface area contributed by atoms with Crippen molar-refractivity contribution in [3.05, 3.63) is 72.8 Å². The number of nitrogens with one attached hydrogen (secondary N) is 1. The number of carboxylic acid groups (broad SMARTS) is 1.